The molecule has 0 N–H and O–H groups in total. The van der Waals surface area contributed by atoms with Gasteiger partial charge in [-0.05, 0) is 90.4 Å². The van der Waals surface area contributed by atoms with Crippen LogP contribution in [0.1, 0.15) is 19.4 Å². The molecule has 0 radical (unpaired) electrons. The van der Waals surface area contributed by atoms with Gasteiger partial charge in [-0.25, -0.2) is 0 Å². The lowest BCUT2D eigenvalue weighted by atomic mass is 9.91. The first-order valence-electron chi connectivity index (χ1n) is 11.8. The topological polar surface area (TPSA) is 42.9 Å². The Labute approximate surface area is 219 Å². The monoisotopic (exact) mass is 508 g/mol. The maximum absolute atomic E-state index is 12.6. The molecule has 2 heterocycles. The summed E-state index contributed by atoms with van der Waals surface area (Å²) in [5, 5.41) is 1.05. The molecule has 0 bridgehead atoms. The Kier molecular flexibility index (Phi) is 6.78. The number of benzene rings is 3. The average molecular weight is 509 g/mol. The van der Waals surface area contributed by atoms with E-state index in [1.54, 1.807) is 18.0 Å². The fraction of sp³-hybridized carbons (Fsp3) is 0.161. The maximum atomic E-state index is 12.6. The average Bonchev–Trinajstić information content (AvgIpc) is 2.92. The highest BCUT2D eigenvalue weighted by Crippen LogP contribution is 2.38. The number of hydrogen-bond acceptors (Lipinski definition) is 4. The zero-order valence-corrected chi connectivity index (χ0v) is 22.5. The van der Waals surface area contributed by atoms with Crippen LogP contribution in [-0.4, -0.2) is 26.7 Å². The molecular weight excluding hydrogens is 480 g/mol. The fourth-order valence-electron chi connectivity index (χ4n) is 4.43. The summed E-state index contributed by atoms with van der Waals surface area (Å²) in [5.41, 5.74) is 8.58. The third kappa shape index (κ3) is 4.61. The van der Waals surface area contributed by atoms with Gasteiger partial charge in [0.15, 0.2) is 0 Å². The van der Waals surface area contributed by atoms with E-state index < -0.39 is 15.5 Å². The predicted molar refractivity (Wildman–Crippen MR) is 155 cm³/mol. The Bertz CT molecular complexity index is 1580. The Hall–Kier alpha value is -3.28. The van der Waals surface area contributed by atoms with Gasteiger partial charge in [-0.15, -0.1) is 11.8 Å². The van der Waals surface area contributed by atoms with E-state index in [-0.39, 0.29) is 0 Å². The van der Waals surface area contributed by atoms with Crippen molar-refractivity contribution < 1.29 is 4.21 Å². The lowest BCUT2D eigenvalue weighted by Crippen LogP contribution is -2.22. The van der Waals surface area contributed by atoms with Crippen molar-refractivity contribution in [3.63, 3.8) is 0 Å². The van der Waals surface area contributed by atoms with E-state index in [4.69, 9.17) is 4.98 Å². The summed E-state index contributed by atoms with van der Waals surface area (Å²) in [4.78, 5) is 10.4. The Balaban J connectivity index is 1.67. The van der Waals surface area contributed by atoms with Crippen molar-refractivity contribution in [2.24, 2.45) is 0 Å². The van der Waals surface area contributed by atoms with Crippen LogP contribution < -0.4 is 0 Å². The molecular formula is C31H28N2OS2. The minimum atomic E-state index is -1.03. The van der Waals surface area contributed by atoms with Crippen molar-refractivity contribution in [3.8, 4) is 33.4 Å². The molecule has 5 heteroatoms. The smallest absolute Gasteiger partial charge is 0.0780 e. The van der Waals surface area contributed by atoms with Crippen LogP contribution in [0.5, 0.6) is 0 Å². The van der Waals surface area contributed by atoms with Crippen LogP contribution in [0.15, 0.2) is 102 Å². The van der Waals surface area contributed by atoms with E-state index in [1.165, 1.54) is 4.90 Å². The zero-order valence-electron chi connectivity index (χ0n) is 20.9. The van der Waals surface area contributed by atoms with Crippen LogP contribution in [0.3, 0.4) is 0 Å². The minimum absolute atomic E-state index is 0.476. The SMILES string of the molecule is CSc1ccc(-c2ccncc2-c2cccc(-c3cc(C(C)(C)S(C)=O)cc4cccnc34)c2)cc1. The summed E-state index contributed by atoms with van der Waals surface area (Å²) >= 11 is 1.74. The van der Waals surface area contributed by atoms with Gasteiger partial charge in [0.25, 0.3) is 0 Å². The molecule has 3 aromatic carbocycles. The highest BCUT2D eigenvalue weighted by atomic mass is 32.2. The summed E-state index contributed by atoms with van der Waals surface area (Å²) in [5.74, 6) is 0. The number of rotatable bonds is 6. The van der Waals surface area contributed by atoms with Crippen LogP contribution >= 0.6 is 11.8 Å². The Morgan fingerprint density at radius 2 is 1.53 bits per heavy atom. The third-order valence-electron chi connectivity index (χ3n) is 6.83. The van der Waals surface area contributed by atoms with Gasteiger partial charge in [0.05, 0.1) is 10.3 Å². The molecule has 3 nitrogen and oxygen atoms in total. The van der Waals surface area contributed by atoms with Crippen LogP contribution in [0.25, 0.3) is 44.3 Å². The standard InChI is InChI=1S/C31H28N2OS2/c1-31(2,36(4)34)25-18-24-9-6-15-33-30(24)28(19-25)22-7-5-8-23(17-22)29-20-32-16-14-27(29)21-10-12-26(35-3)13-11-21/h5-20H,1-4H3. The van der Waals surface area contributed by atoms with Crippen molar-refractivity contribution in [1.29, 1.82) is 0 Å². The van der Waals surface area contributed by atoms with Crippen molar-refractivity contribution in [1.82, 2.24) is 9.97 Å². The summed E-state index contributed by atoms with van der Waals surface area (Å²) in [6.07, 6.45) is 9.47. The van der Waals surface area contributed by atoms with E-state index in [0.29, 0.717) is 0 Å². The first-order chi connectivity index (χ1) is 17.4. The number of nitrogens with zero attached hydrogens (tertiary/aromatic N) is 2. The fourth-order valence-corrected chi connectivity index (χ4v) is 5.29. The lowest BCUT2D eigenvalue weighted by Gasteiger charge is -2.24. The zero-order chi connectivity index (χ0) is 25.3. The maximum Gasteiger partial charge on any atom is 0.0780 e. The van der Waals surface area contributed by atoms with Gasteiger partial charge in [-0.3, -0.25) is 14.2 Å². The van der Waals surface area contributed by atoms with Crippen molar-refractivity contribution in [2.75, 3.05) is 12.5 Å². The van der Waals surface area contributed by atoms with Gasteiger partial charge in [0.2, 0.25) is 0 Å². The van der Waals surface area contributed by atoms with E-state index in [9.17, 15) is 4.21 Å². The molecule has 0 aliphatic heterocycles. The number of fused-ring (bicyclic) bond motifs is 1. The summed E-state index contributed by atoms with van der Waals surface area (Å²) in [6.45, 7) is 4.07. The van der Waals surface area contributed by atoms with Gasteiger partial charge in [0.1, 0.15) is 0 Å². The minimum Gasteiger partial charge on any atom is -0.264 e. The first-order valence-corrected chi connectivity index (χ1v) is 14.6. The molecule has 1 atom stereocenters. The molecule has 5 aromatic rings. The van der Waals surface area contributed by atoms with E-state index >= 15 is 0 Å². The highest BCUT2D eigenvalue weighted by molar-refractivity contribution is 7.98. The van der Waals surface area contributed by atoms with Crippen molar-refractivity contribution in [3.05, 3.63) is 103 Å². The Morgan fingerprint density at radius 3 is 2.25 bits per heavy atom. The van der Waals surface area contributed by atoms with E-state index in [1.807, 2.05) is 38.5 Å². The van der Waals surface area contributed by atoms with E-state index in [0.717, 1.165) is 49.8 Å². The molecule has 0 aliphatic rings. The van der Waals surface area contributed by atoms with Gasteiger partial charge in [0, 0.05) is 57.1 Å². The highest BCUT2D eigenvalue weighted by Gasteiger charge is 2.26. The molecule has 2 aromatic heterocycles. The number of aromatic nitrogens is 2. The van der Waals surface area contributed by atoms with Gasteiger partial charge >= 0.3 is 0 Å². The van der Waals surface area contributed by atoms with Crippen molar-refractivity contribution in [2.45, 2.75) is 23.5 Å². The normalized spacial score (nSPS) is 12.6. The predicted octanol–water partition coefficient (Wildman–Crippen LogP) is 7.97. The number of thioether (sulfide) groups is 1. The molecule has 5 rings (SSSR count). The molecule has 180 valence electrons. The number of hydrogen-bond donors (Lipinski definition) is 0. The summed E-state index contributed by atoms with van der Waals surface area (Å²) in [7, 11) is -1.03. The second kappa shape index (κ2) is 10.00. The van der Waals surface area contributed by atoms with Gasteiger partial charge in [-0.1, -0.05) is 36.4 Å². The molecule has 0 saturated heterocycles. The first kappa shape index (κ1) is 24.4. The lowest BCUT2D eigenvalue weighted by molar-refractivity contribution is 0.648. The summed E-state index contributed by atoms with van der Waals surface area (Å²) < 4.78 is 12.1. The van der Waals surface area contributed by atoms with Crippen LogP contribution in [0.4, 0.5) is 0 Å². The number of pyridine rings is 2. The molecule has 0 spiro atoms. The van der Waals surface area contributed by atoms with Crippen molar-refractivity contribution >= 4 is 33.5 Å². The third-order valence-corrected chi connectivity index (χ3v) is 9.24. The Morgan fingerprint density at radius 1 is 0.778 bits per heavy atom. The quantitative estimate of drug-likeness (QED) is 0.218. The van der Waals surface area contributed by atoms with Crippen LogP contribution in [0.2, 0.25) is 0 Å². The second-order valence-electron chi connectivity index (χ2n) is 9.29. The molecule has 0 saturated carbocycles. The van der Waals surface area contributed by atoms with Gasteiger partial charge in [-0.2, -0.15) is 0 Å². The molecule has 1 unspecified atom stereocenters. The summed E-state index contributed by atoms with van der Waals surface area (Å²) in [6, 6.07) is 27.6. The largest absolute Gasteiger partial charge is 0.264 e. The molecule has 0 amide bonds. The molecule has 36 heavy (non-hydrogen) atoms. The van der Waals surface area contributed by atoms with E-state index in [2.05, 4.69) is 84.0 Å². The van der Waals surface area contributed by atoms with Crippen LogP contribution in [0, 0.1) is 0 Å². The molecule has 0 aliphatic carbocycles. The van der Waals surface area contributed by atoms with Gasteiger partial charge < -0.3 is 0 Å². The second-order valence-corrected chi connectivity index (χ2v) is 12.1. The molecule has 0 fully saturated rings. The van der Waals surface area contributed by atoms with Crippen LogP contribution in [-0.2, 0) is 15.5 Å².